The second kappa shape index (κ2) is 7.23. The van der Waals surface area contributed by atoms with Crippen molar-refractivity contribution in [2.45, 2.75) is 24.9 Å². The van der Waals surface area contributed by atoms with Gasteiger partial charge in [0.1, 0.15) is 5.75 Å². The van der Waals surface area contributed by atoms with E-state index in [-0.39, 0.29) is 12.1 Å². The molecule has 5 heteroatoms. The van der Waals surface area contributed by atoms with Crippen molar-refractivity contribution in [2.75, 3.05) is 6.61 Å². The molecule has 0 aliphatic heterocycles. The van der Waals surface area contributed by atoms with Gasteiger partial charge in [-0.2, -0.15) is 0 Å². The molecule has 2 N–H and O–H groups in total. The Hall–Kier alpha value is -2.76. The molecular formula is C21H21N3O2. The van der Waals surface area contributed by atoms with Crippen LogP contribution < -0.4 is 10.1 Å². The number of nitrogens with one attached hydrogen (secondary N) is 1. The second-order valence-electron chi connectivity index (χ2n) is 6.54. The number of rotatable bonds is 6. The van der Waals surface area contributed by atoms with Crippen LogP contribution in [0.1, 0.15) is 23.1 Å². The molecule has 0 spiro atoms. The van der Waals surface area contributed by atoms with Crippen LogP contribution >= 0.6 is 0 Å². The molecule has 5 nitrogen and oxygen atoms in total. The lowest BCUT2D eigenvalue weighted by Gasteiger charge is -2.30. The van der Waals surface area contributed by atoms with E-state index < -0.39 is 0 Å². The van der Waals surface area contributed by atoms with E-state index in [9.17, 15) is 5.11 Å². The third kappa shape index (κ3) is 3.31. The number of aliphatic hydroxyl groups excluding tert-OH is 1. The number of fused-ring (bicyclic) bond motifs is 1. The Kier molecular flexibility index (Phi) is 4.65. The van der Waals surface area contributed by atoms with Crippen LogP contribution in [0.5, 0.6) is 11.6 Å². The SMILES string of the molecule is OCC1(NCc2ccc(Oc3cnccn3)cc2)CCc2ccccc21. The van der Waals surface area contributed by atoms with Crippen molar-refractivity contribution in [3.8, 4) is 11.6 Å². The van der Waals surface area contributed by atoms with Gasteiger partial charge in [-0.15, -0.1) is 0 Å². The van der Waals surface area contributed by atoms with Crippen LogP contribution in [-0.2, 0) is 18.5 Å². The summed E-state index contributed by atoms with van der Waals surface area (Å²) in [7, 11) is 0. The fourth-order valence-corrected chi connectivity index (χ4v) is 3.50. The van der Waals surface area contributed by atoms with Crippen molar-refractivity contribution >= 4 is 0 Å². The predicted molar refractivity (Wildman–Crippen MR) is 98.9 cm³/mol. The number of aromatic nitrogens is 2. The molecule has 26 heavy (non-hydrogen) atoms. The molecule has 3 aromatic rings. The van der Waals surface area contributed by atoms with E-state index in [1.807, 2.05) is 30.3 Å². The summed E-state index contributed by atoms with van der Waals surface area (Å²) in [6, 6.07) is 16.2. The average Bonchev–Trinajstić information content (AvgIpc) is 3.08. The zero-order chi connectivity index (χ0) is 17.8. The Balaban J connectivity index is 1.43. The topological polar surface area (TPSA) is 67.3 Å². The highest BCUT2D eigenvalue weighted by molar-refractivity contribution is 5.39. The molecule has 2 aromatic carbocycles. The summed E-state index contributed by atoms with van der Waals surface area (Å²) in [5, 5.41) is 13.6. The highest BCUT2D eigenvalue weighted by Gasteiger charge is 2.37. The molecule has 0 fully saturated rings. The predicted octanol–water partition coefficient (Wildman–Crippen LogP) is 3.19. The fourth-order valence-electron chi connectivity index (χ4n) is 3.50. The smallest absolute Gasteiger partial charge is 0.237 e. The maximum atomic E-state index is 10.1. The van der Waals surface area contributed by atoms with Crippen molar-refractivity contribution in [1.29, 1.82) is 0 Å². The number of hydrogen-bond acceptors (Lipinski definition) is 5. The third-order valence-corrected chi connectivity index (χ3v) is 4.94. The Morgan fingerprint density at radius 3 is 2.69 bits per heavy atom. The molecular weight excluding hydrogens is 326 g/mol. The van der Waals surface area contributed by atoms with Crippen molar-refractivity contribution in [2.24, 2.45) is 0 Å². The maximum Gasteiger partial charge on any atom is 0.237 e. The Morgan fingerprint density at radius 2 is 1.92 bits per heavy atom. The van der Waals surface area contributed by atoms with Gasteiger partial charge in [0.2, 0.25) is 5.88 Å². The monoisotopic (exact) mass is 347 g/mol. The van der Waals surface area contributed by atoms with Crippen molar-refractivity contribution in [3.63, 3.8) is 0 Å². The molecule has 0 amide bonds. The molecule has 1 aliphatic rings. The molecule has 0 radical (unpaired) electrons. The van der Waals surface area contributed by atoms with Crippen LogP contribution in [0.25, 0.3) is 0 Å². The van der Waals surface area contributed by atoms with Crippen LogP contribution in [0.3, 0.4) is 0 Å². The minimum absolute atomic E-state index is 0.0951. The molecule has 1 aliphatic carbocycles. The molecule has 132 valence electrons. The van der Waals surface area contributed by atoms with Gasteiger partial charge in [-0.25, -0.2) is 4.98 Å². The first kappa shape index (κ1) is 16.7. The summed E-state index contributed by atoms with van der Waals surface area (Å²) in [5.74, 6) is 1.19. The van der Waals surface area contributed by atoms with Gasteiger partial charge < -0.3 is 15.2 Å². The molecule has 1 unspecified atom stereocenters. The fraction of sp³-hybridized carbons (Fsp3) is 0.238. The van der Waals surface area contributed by atoms with Crippen molar-refractivity contribution in [3.05, 3.63) is 83.8 Å². The summed E-state index contributed by atoms with van der Waals surface area (Å²) < 4.78 is 5.66. The first-order chi connectivity index (χ1) is 12.8. The lowest BCUT2D eigenvalue weighted by Crippen LogP contribution is -2.43. The van der Waals surface area contributed by atoms with Gasteiger partial charge in [0.25, 0.3) is 0 Å². The lowest BCUT2D eigenvalue weighted by atomic mass is 9.92. The number of ether oxygens (including phenoxy) is 1. The minimum atomic E-state index is -0.356. The molecule has 4 rings (SSSR count). The molecule has 1 atom stereocenters. The van der Waals surface area contributed by atoms with Crippen LogP contribution in [0, 0.1) is 0 Å². The van der Waals surface area contributed by atoms with Crippen molar-refractivity contribution < 1.29 is 9.84 Å². The van der Waals surface area contributed by atoms with E-state index in [1.54, 1.807) is 18.6 Å². The van der Waals surface area contributed by atoms with Crippen molar-refractivity contribution in [1.82, 2.24) is 15.3 Å². The summed E-state index contributed by atoms with van der Waals surface area (Å²) in [6.45, 7) is 0.776. The number of aryl methyl sites for hydroxylation is 1. The van der Waals surface area contributed by atoms with Gasteiger partial charge in [0.15, 0.2) is 0 Å². The van der Waals surface area contributed by atoms with E-state index in [4.69, 9.17) is 4.74 Å². The highest BCUT2D eigenvalue weighted by atomic mass is 16.5. The number of nitrogens with zero attached hydrogens (tertiary/aromatic N) is 2. The van der Waals surface area contributed by atoms with Crippen LogP contribution in [0.4, 0.5) is 0 Å². The minimum Gasteiger partial charge on any atom is -0.438 e. The summed E-state index contributed by atoms with van der Waals surface area (Å²) in [4.78, 5) is 8.09. The zero-order valence-electron chi connectivity index (χ0n) is 14.4. The lowest BCUT2D eigenvalue weighted by molar-refractivity contribution is 0.159. The van der Waals surface area contributed by atoms with Gasteiger partial charge in [-0.05, 0) is 41.7 Å². The largest absolute Gasteiger partial charge is 0.438 e. The van der Waals surface area contributed by atoms with Gasteiger partial charge in [0, 0.05) is 18.9 Å². The number of benzene rings is 2. The van der Waals surface area contributed by atoms with Gasteiger partial charge >= 0.3 is 0 Å². The van der Waals surface area contributed by atoms with E-state index in [1.165, 1.54) is 11.1 Å². The summed E-state index contributed by atoms with van der Waals surface area (Å²) in [6.07, 6.45) is 6.70. The summed E-state index contributed by atoms with van der Waals surface area (Å²) in [5.41, 5.74) is 3.31. The highest BCUT2D eigenvalue weighted by Crippen LogP contribution is 2.36. The van der Waals surface area contributed by atoms with E-state index in [0.717, 1.165) is 24.2 Å². The molecule has 0 bridgehead atoms. The molecule has 1 aromatic heterocycles. The zero-order valence-corrected chi connectivity index (χ0v) is 14.4. The normalized spacial score (nSPS) is 18.5. The maximum absolute atomic E-state index is 10.1. The molecule has 0 saturated heterocycles. The van der Waals surface area contributed by atoms with Gasteiger partial charge in [-0.1, -0.05) is 36.4 Å². The first-order valence-electron chi connectivity index (χ1n) is 8.76. The second-order valence-corrected chi connectivity index (χ2v) is 6.54. The number of aliphatic hydroxyl groups is 1. The van der Waals surface area contributed by atoms with E-state index in [0.29, 0.717) is 12.4 Å². The van der Waals surface area contributed by atoms with Crippen LogP contribution in [0.2, 0.25) is 0 Å². The summed E-state index contributed by atoms with van der Waals surface area (Å²) >= 11 is 0. The first-order valence-corrected chi connectivity index (χ1v) is 8.76. The van der Waals surface area contributed by atoms with E-state index in [2.05, 4.69) is 33.5 Å². The Labute approximate surface area is 152 Å². The quantitative estimate of drug-likeness (QED) is 0.717. The van der Waals surface area contributed by atoms with E-state index >= 15 is 0 Å². The third-order valence-electron chi connectivity index (χ3n) is 4.94. The van der Waals surface area contributed by atoms with Gasteiger partial charge in [0.05, 0.1) is 18.3 Å². The number of hydrogen-bond donors (Lipinski definition) is 2. The van der Waals surface area contributed by atoms with Crippen LogP contribution in [0.15, 0.2) is 67.1 Å². The Morgan fingerprint density at radius 1 is 1.08 bits per heavy atom. The average molecular weight is 347 g/mol. The van der Waals surface area contributed by atoms with Crippen LogP contribution in [-0.4, -0.2) is 21.7 Å². The molecule has 0 saturated carbocycles. The van der Waals surface area contributed by atoms with Gasteiger partial charge in [-0.3, -0.25) is 4.98 Å². The standard InChI is InChI=1S/C21H21N3O2/c25-15-21(10-9-17-3-1-2-4-19(17)21)24-13-16-5-7-18(8-6-16)26-20-14-22-11-12-23-20/h1-8,11-12,14,24-25H,9-10,13,15H2. The molecule has 1 heterocycles. The Bertz CT molecular complexity index is 868.